The van der Waals surface area contributed by atoms with Gasteiger partial charge >= 0.3 is 6.09 Å². The molecule has 0 aliphatic carbocycles. The molecule has 17 heavy (non-hydrogen) atoms. The van der Waals surface area contributed by atoms with Crippen molar-refractivity contribution in [2.75, 3.05) is 19.9 Å². The van der Waals surface area contributed by atoms with E-state index in [0.717, 1.165) is 6.26 Å². The summed E-state index contributed by atoms with van der Waals surface area (Å²) in [5, 5.41) is 5.80. The topological polar surface area (TPSA) is 94.1 Å². The zero-order valence-corrected chi connectivity index (χ0v) is 11.4. The highest BCUT2D eigenvalue weighted by Gasteiger charge is 2.22. The number of amides is 1. The van der Waals surface area contributed by atoms with Crippen LogP contribution in [-0.4, -0.2) is 40.1 Å². The SMILES string of the molecule is CNC(=O)ON=C(COS(C)(=O)=O)C(C)(C)C. The average molecular weight is 266 g/mol. The molecule has 8 heteroatoms. The van der Waals surface area contributed by atoms with E-state index in [1.807, 2.05) is 0 Å². The van der Waals surface area contributed by atoms with Gasteiger partial charge in [-0.3, -0.25) is 9.02 Å². The second-order valence-corrected chi connectivity index (χ2v) is 6.03. The largest absolute Gasteiger partial charge is 0.433 e. The second kappa shape index (κ2) is 5.97. The van der Waals surface area contributed by atoms with Crippen molar-refractivity contribution in [2.45, 2.75) is 20.8 Å². The Bertz CT molecular complexity index is 394. The quantitative estimate of drug-likeness (QED) is 0.350. The Kier molecular flexibility index (Phi) is 5.56. The lowest BCUT2D eigenvalue weighted by Gasteiger charge is -2.19. The van der Waals surface area contributed by atoms with Gasteiger partial charge in [0, 0.05) is 12.5 Å². The molecular formula is C9H18N2O5S. The molecule has 0 atom stereocenters. The third kappa shape index (κ3) is 7.70. The summed E-state index contributed by atoms with van der Waals surface area (Å²) >= 11 is 0. The molecule has 0 bridgehead atoms. The highest BCUT2D eigenvalue weighted by atomic mass is 32.2. The minimum atomic E-state index is -3.56. The minimum absolute atomic E-state index is 0.251. The van der Waals surface area contributed by atoms with Gasteiger partial charge in [0.2, 0.25) is 0 Å². The van der Waals surface area contributed by atoms with E-state index in [1.165, 1.54) is 7.05 Å². The Balaban J connectivity index is 4.73. The zero-order chi connectivity index (χ0) is 13.7. The van der Waals surface area contributed by atoms with Gasteiger partial charge in [-0.1, -0.05) is 25.9 Å². The number of nitrogens with zero attached hydrogens (tertiary/aromatic N) is 1. The summed E-state index contributed by atoms with van der Waals surface area (Å²) in [6.45, 7) is 5.14. The lowest BCUT2D eigenvalue weighted by atomic mass is 9.91. The van der Waals surface area contributed by atoms with Crippen LogP contribution in [0.15, 0.2) is 5.16 Å². The van der Waals surface area contributed by atoms with Crippen molar-refractivity contribution in [1.82, 2.24) is 5.32 Å². The van der Waals surface area contributed by atoms with E-state index in [-0.39, 0.29) is 6.61 Å². The van der Waals surface area contributed by atoms with E-state index in [2.05, 4.69) is 19.5 Å². The first-order chi connectivity index (χ1) is 7.56. The van der Waals surface area contributed by atoms with Crippen LogP contribution in [0.3, 0.4) is 0 Å². The maximum Gasteiger partial charge on any atom is 0.433 e. The molecular weight excluding hydrogens is 248 g/mol. The van der Waals surface area contributed by atoms with E-state index >= 15 is 0 Å². The van der Waals surface area contributed by atoms with Crippen LogP contribution in [0.2, 0.25) is 0 Å². The standard InChI is InChI=1S/C9H18N2O5S/c1-9(2,3)7(6-15-17(5,13)14)11-16-8(12)10-4/h6H2,1-5H3,(H,10,12). The Labute approximate surface area is 101 Å². The number of oxime groups is 1. The molecule has 0 saturated heterocycles. The Morgan fingerprint density at radius 3 is 2.24 bits per heavy atom. The van der Waals surface area contributed by atoms with Gasteiger partial charge in [0.15, 0.2) is 0 Å². The number of nitrogens with one attached hydrogen (secondary N) is 1. The molecule has 0 aromatic carbocycles. The normalized spacial score (nSPS) is 13.4. The van der Waals surface area contributed by atoms with Crippen LogP contribution in [-0.2, 0) is 19.1 Å². The molecule has 0 heterocycles. The molecule has 0 aliphatic rings. The lowest BCUT2D eigenvalue weighted by molar-refractivity contribution is 0.150. The molecule has 1 amide bonds. The van der Waals surface area contributed by atoms with Crippen molar-refractivity contribution in [3.05, 3.63) is 0 Å². The first-order valence-electron chi connectivity index (χ1n) is 4.86. The van der Waals surface area contributed by atoms with Crippen LogP contribution < -0.4 is 5.32 Å². The molecule has 0 rings (SSSR count). The Morgan fingerprint density at radius 1 is 1.35 bits per heavy atom. The molecule has 0 spiro atoms. The third-order valence-electron chi connectivity index (χ3n) is 1.72. The molecule has 0 aromatic heterocycles. The molecule has 100 valence electrons. The lowest BCUT2D eigenvalue weighted by Crippen LogP contribution is -2.28. The van der Waals surface area contributed by atoms with Crippen molar-refractivity contribution in [2.24, 2.45) is 10.6 Å². The Morgan fingerprint density at radius 2 is 1.88 bits per heavy atom. The molecule has 0 unspecified atom stereocenters. The van der Waals surface area contributed by atoms with Crippen molar-refractivity contribution < 1.29 is 22.2 Å². The number of hydrogen-bond acceptors (Lipinski definition) is 6. The van der Waals surface area contributed by atoms with Gasteiger partial charge in [0.05, 0.1) is 12.0 Å². The van der Waals surface area contributed by atoms with E-state index in [9.17, 15) is 13.2 Å². The molecule has 0 saturated carbocycles. The van der Waals surface area contributed by atoms with Crippen molar-refractivity contribution in [1.29, 1.82) is 0 Å². The fourth-order valence-corrected chi connectivity index (χ4v) is 1.01. The fourth-order valence-electron chi connectivity index (χ4n) is 0.685. The summed E-state index contributed by atoms with van der Waals surface area (Å²) < 4.78 is 26.3. The van der Waals surface area contributed by atoms with Gasteiger partial charge in [-0.05, 0) is 0 Å². The predicted molar refractivity (Wildman–Crippen MR) is 63.2 cm³/mol. The van der Waals surface area contributed by atoms with Crippen LogP contribution in [0.5, 0.6) is 0 Å². The number of hydrogen-bond donors (Lipinski definition) is 1. The first-order valence-corrected chi connectivity index (χ1v) is 6.68. The summed E-state index contributed by atoms with van der Waals surface area (Å²) in [6, 6.07) is 0. The maximum atomic E-state index is 10.9. The number of carbonyl (C=O) groups excluding carboxylic acids is 1. The number of carbonyl (C=O) groups is 1. The summed E-state index contributed by atoms with van der Waals surface area (Å²) in [5.41, 5.74) is -0.162. The fraction of sp³-hybridized carbons (Fsp3) is 0.778. The minimum Gasteiger partial charge on any atom is -0.323 e. The van der Waals surface area contributed by atoms with Gasteiger partial charge in [0.1, 0.15) is 6.61 Å². The van der Waals surface area contributed by atoms with Crippen LogP contribution >= 0.6 is 0 Å². The van der Waals surface area contributed by atoms with Crippen LogP contribution in [0.4, 0.5) is 4.79 Å². The van der Waals surface area contributed by atoms with Crippen LogP contribution in [0, 0.1) is 5.41 Å². The van der Waals surface area contributed by atoms with E-state index in [1.54, 1.807) is 20.8 Å². The highest BCUT2D eigenvalue weighted by molar-refractivity contribution is 7.86. The summed E-state index contributed by atoms with van der Waals surface area (Å²) in [6.07, 6.45) is 0.207. The molecule has 0 aromatic rings. The van der Waals surface area contributed by atoms with Crippen molar-refractivity contribution in [3.63, 3.8) is 0 Å². The summed E-state index contributed by atoms with van der Waals surface area (Å²) in [7, 11) is -2.17. The van der Waals surface area contributed by atoms with Crippen molar-refractivity contribution >= 4 is 21.9 Å². The van der Waals surface area contributed by atoms with Gasteiger partial charge < -0.3 is 5.32 Å². The van der Waals surface area contributed by atoms with Gasteiger partial charge in [-0.25, -0.2) is 4.79 Å². The van der Waals surface area contributed by atoms with E-state index < -0.39 is 21.6 Å². The molecule has 7 nitrogen and oxygen atoms in total. The van der Waals surface area contributed by atoms with Gasteiger partial charge in [-0.2, -0.15) is 8.42 Å². The molecule has 1 N–H and O–H groups in total. The second-order valence-electron chi connectivity index (χ2n) is 4.38. The van der Waals surface area contributed by atoms with Gasteiger partial charge in [0.25, 0.3) is 10.1 Å². The smallest absolute Gasteiger partial charge is 0.323 e. The van der Waals surface area contributed by atoms with E-state index in [4.69, 9.17) is 0 Å². The monoisotopic (exact) mass is 266 g/mol. The van der Waals surface area contributed by atoms with E-state index in [0.29, 0.717) is 5.71 Å². The first kappa shape index (κ1) is 15.9. The zero-order valence-electron chi connectivity index (χ0n) is 10.6. The molecule has 0 fully saturated rings. The highest BCUT2D eigenvalue weighted by Crippen LogP contribution is 2.17. The molecule has 0 radical (unpaired) electrons. The summed E-state index contributed by atoms with van der Waals surface area (Å²) in [4.78, 5) is 15.4. The predicted octanol–water partition coefficient (Wildman–Crippen LogP) is 0.721. The van der Waals surface area contributed by atoms with Gasteiger partial charge in [-0.15, -0.1) is 0 Å². The number of rotatable bonds is 4. The summed E-state index contributed by atoms with van der Waals surface area (Å²) in [5.74, 6) is 0. The maximum absolute atomic E-state index is 10.9. The molecule has 0 aliphatic heterocycles. The average Bonchev–Trinajstić information content (AvgIpc) is 2.13. The Hall–Kier alpha value is -1.15. The van der Waals surface area contributed by atoms with Crippen LogP contribution in [0.1, 0.15) is 20.8 Å². The third-order valence-corrected chi connectivity index (χ3v) is 2.26. The van der Waals surface area contributed by atoms with Crippen LogP contribution in [0.25, 0.3) is 0 Å². The van der Waals surface area contributed by atoms with Crippen molar-refractivity contribution in [3.8, 4) is 0 Å².